The molecular weight excluding hydrogens is 368 g/mol. The van der Waals surface area contributed by atoms with Crippen LogP contribution in [0, 0.1) is 5.92 Å². The highest BCUT2D eigenvalue weighted by molar-refractivity contribution is 5.87. The van der Waals surface area contributed by atoms with E-state index in [2.05, 4.69) is 13.8 Å². The predicted octanol–water partition coefficient (Wildman–Crippen LogP) is 5.96. The van der Waals surface area contributed by atoms with Crippen molar-refractivity contribution in [3.05, 3.63) is 0 Å². The maximum atomic E-state index is 12.5. The maximum Gasteiger partial charge on any atom is 0.339 e. The summed E-state index contributed by atoms with van der Waals surface area (Å²) < 4.78 is 10.7. The Hall–Kier alpha value is -1.10. The van der Waals surface area contributed by atoms with Crippen molar-refractivity contribution < 1.29 is 24.2 Å². The Morgan fingerprint density at radius 3 is 1.62 bits per heavy atom. The van der Waals surface area contributed by atoms with E-state index in [9.17, 15) is 14.7 Å². The zero-order valence-corrected chi connectivity index (χ0v) is 19.5. The van der Waals surface area contributed by atoms with Crippen molar-refractivity contribution in [1.82, 2.24) is 0 Å². The molecule has 0 saturated carbocycles. The molecule has 172 valence electrons. The van der Waals surface area contributed by atoms with E-state index in [1.165, 1.54) is 38.5 Å². The molecule has 0 aromatic heterocycles. The first-order valence-electron chi connectivity index (χ1n) is 12.0. The fourth-order valence-electron chi connectivity index (χ4n) is 3.56. The second-order valence-electron chi connectivity index (χ2n) is 8.08. The number of esters is 2. The second kappa shape index (κ2) is 17.7. The van der Waals surface area contributed by atoms with Crippen LogP contribution in [0.15, 0.2) is 0 Å². The maximum absolute atomic E-state index is 12.5. The Balaban J connectivity index is 4.38. The van der Waals surface area contributed by atoms with E-state index in [0.29, 0.717) is 13.0 Å². The third-order valence-electron chi connectivity index (χ3n) is 5.63. The average molecular weight is 415 g/mol. The molecule has 0 aromatic carbocycles. The summed E-state index contributed by atoms with van der Waals surface area (Å²) >= 11 is 0. The first-order chi connectivity index (χ1) is 14.0. The van der Waals surface area contributed by atoms with Crippen LogP contribution in [0.1, 0.15) is 118 Å². The largest absolute Gasteiger partial charge is 0.465 e. The number of carbonyl (C=O) groups excluding carboxylic acids is 2. The van der Waals surface area contributed by atoms with Gasteiger partial charge in [0, 0.05) is 0 Å². The van der Waals surface area contributed by atoms with Crippen LogP contribution in [-0.2, 0) is 19.1 Å². The molecule has 0 bridgehead atoms. The van der Waals surface area contributed by atoms with Gasteiger partial charge in [-0.1, -0.05) is 91.9 Å². The van der Waals surface area contributed by atoms with Crippen molar-refractivity contribution in [3.63, 3.8) is 0 Å². The van der Waals surface area contributed by atoms with Crippen LogP contribution >= 0.6 is 0 Å². The SMILES string of the molecule is CCCCCCCCOC(=O)C(CC)C(O)(CC)C(=O)OCCCCCCCC. The number of hydrogen-bond acceptors (Lipinski definition) is 5. The van der Waals surface area contributed by atoms with Crippen LogP contribution in [0.3, 0.4) is 0 Å². The average Bonchev–Trinajstić information content (AvgIpc) is 2.72. The van der Waals surface area contributed by atoms with Crippen molar-refractivity contribution in [3.8, 4) is 0 Å². The summed E-state index contributed by atoms with van der Waals surface area (Å²) in [6, 6.07) is 0. The van der Waals surface area contributed by atoms with Gasteiger partial charge in [0.05, 0.1) is 19.1 Å². The summed E-state index contributed by atoms with van der Waals surface area (Å²) in [7, 11) is 0. The summed E-state index contributed by atoms with van der Waals surface area (Å²) in [6.07, 6.45) is 13.7. The Morgan fingerprint density at radius 1 is 0.724 bits per heavy atom. The molecule has 0 aliphatic rings. The molecule has 0 radical (unpaired) electrons. The molecule has 5 heteroatoms. The van der Waals surface area contributed by atoms with Crippen molar-refractivity contribution in [2.45, 2.75) is 123 Å². The topological polar surface area (TPSA) is 72.8 Å². The highest BCUT2D eigenvalue weighted by atomic mass is 16.6. The first-order valence-corrected chi connectivity index (χ1v) is 12.0. The van der Waals surface area contributed by atoms with Gasteiger partial charge in [0.15, 0.2) is 5.60 Å². The number of unbranched alkanes of at least 4 members (excludes halogenated alkanes) is 10. The Kier molecular flexibility index (Phi) is 17.1. The fourth-order valence-corrected chi connectivity index (χ4v) is 3.56. The molecule has 0 aliphatic carbocycles. The standard InChI is InChI=1S/C24H46O5/c1-5-9-11-13-15-17-19-28-22(25)21(7-3)24(27,8-4)23(26)29-20-18-16-14-12-10-6-2/h21,27H,5-20H2,1-4H3. The second-order valence-corrected chi connectivity index (χ2v) is 8.08. The molecule has 0 amide bonds. The number of carbonyl (C=O) groups is 2. The number of hydrogen-bond donors (Lipinski definition) is 1. The normalized spacial score (nSPS) is 14.2. The highest BCUT2D eigenvalue weighted by Crippen LogP contribution is 2.28. The zero-order valence-electron chi connectivity index (χ0n) is 19.5. The molecule has 0 saturated heterocycles. The summed E-state index contributed by atoms with van der Waals surface area (Å²) in [4.78, 5) is 25.0. The van der Waals surface area contributed by atoms with E-state index >= 15 is 0 Å². The lowest BCUT2D eigenvalue weighted by atomic mass is 9.83. The molecular formula is C24H46O5. The van der Waals surface area contributed by atoms with E-state index in [-0.39, 0.29) is 13.0 Å². The summed E-state index contributed by atoms with van der Waals surface area (Å²) in [5.41, 5.74) is -1.81. The molecule has 5 nitrogen and oxygen atoms in total. The highest BCUT2D eigenvalue weighted by Gasteiger charge is 2.47. The van der Waals surface area contributed by atoms with Crippen molar-refractivity contribution in [2.24, 2.45) is 5.92 Å². The fraction of sp³-hybridized carbons (Fsp3) is 0.917. The lowest BCUT2D eigenvalue weighted by Gasteiger charge is -2.31. The van der Waals surface area contributed by atoms with E-state index in [1.54, 1.807) is 13.8 Å². The number of ether oxygens (including phenoxy) is 2. The van der Waals surface area contributed by atoms with E-state index in [0.717, 1.165) is 38.5 Å². The summed E-state index contributed by atoms with van der Waals surface area (Å²) in [6.45, 7) is 8.48. The Morgan fingerprint density at radius 2 is 1.17 bits per heavy atom. The quantitative estimate of drug-likeness (QED) is 0.208. The van der Waals surface area contributed by atoms with Gasteiger partial charge < -0.3 is 14.6 Å². The number of aliphatic hydroxyl groups is 1. The van der Waals surface area contributed by atoms with E-state index in [1.807, 2.05) is 0 Å². The lowest BCUT2D eigenvalue weighted by Crippen LogP contribution is -2.50. The molecule has 0 rings (SSSR count). The van der Waals surface area contributed by atoms with Gasteiger partial charge in [-0.3, -0.25) is 4.79 Å². The van der Waals surface area contributed by atoms with Crippen molar-refractivity contribution in [2.75, 3.05) is 13.2 Å². The van der Waals surface area contributed by atoms with Gasteiger partial charge in [0.1, 0.15) is 0 Å². The first kappa shape index (κ1) is 27.9. The molecule has 29 heavy (non-hydrogen) atoms. The minimum absolute atomic E-state index is 0.132. The third-order valence-corrected chi connectivity index (χ3v) is 5.63. The summed E-state index contributed by atoms with van der Waals surface area (Å²) in [5.74, 6) is -2.08. The Labute approximate surface area is 178 Å². The van der Waals surface area contributed by atoms with Crippen LogP contribution < -0.4 is 0 Å². The van der Waals surface area contributed by atoms with Crippen LogP contribution in [0.4, 0.5) is 0 Å². The molecule has 2 atom stereocenters. The monoisotopic (exact) mass is 414 g/mol. The molecule has 0 spiro atoms. The Bertz CT molecular complexity index is 423. The zero-order chi connectivity index (χ0) is 22.0. The van der Waals surface area contributed by atoms with Crippen LogP contribution in [0.2, 0.25) is 0 Å². The van der Waals surface area contributed by atoms with Gasteiger partial charge in [0.25, 0.3) is 0 Å². The van der Waals surface area contributed by atoms with Gasteiger partial charge in [0.2, 0.25) is 0 Å². The van der Waals surface area contributed by atoms with Crippen LogP contribution in [0.25, 0.3) is 0 Å². The minimum Gasteiger partial charge on any atom is -0.465 e. The van der Waals surface area contributed by atoms with Gasteiger partial charge in [-0.25, -0.2) is 4.79 Å². The smallest absolute Gasteiger partial charge is 0.339 e. The lowest BCUT2D eigenvalue weighted by molar-refractivity contribution is -0.182. The molecule has 0 aliphatic heterocycles. The van der Waals surface area contributed by atoms with Crippen LogP contribution in [-0.4, -0.2) is 35.9 Å². The van der Waals surface area contributed by atoms with Gasteiger partial charge in [-0.2, -0.15) is 0 Å². The molecule has 0 fully saturated rings. The van der Waals surface area contributed by atoms with E-state index in [4.69, 9.17) is 9.47 Å². The summed E-state index contributed by atoms with van der Waals surface area (Å²) in [5, 5.41) is 10.9. The number of rotatable bonds is 19. The molecule has 0 heterocycles. The van der Waals surface area contributed by atoms with Gasteiger partial charge in [-0.05, 0) is 25.7 Å². The predicted molar refractivity (Wildman–Crippen MR) is 118 cm³/mol. The molecule has 0 aromatic rings. The molecule has 2 unspecified atom stereocenters. The van der Waals surface area contributed by atoms with Crippen LogP contribution in [0.5, 0.6) is 0 Å². The minimum atomic E-state index is -1.81. The van der Waals surface area contributed by atoms with Gasteiger partial charge in [-0.15, -0.1) is 0 Å². The van der Waals surface area contributed by atoms with E-state index < -0.39 is 23.5 Å². The molecule has 1 N–H and O–H groups in total. The third kappa shape index (κ3) is 11.6. The van der Waals surface area contributed by atoms with Crippen molar-refractivity contribution in [1.29, 1.82) is 0 Å². The van der Waals surface area contributed by atoms with Crippen molar-refractivity contribution >= 4 is 11.9 Å². The van der Waals surface area contributed by atoms with Gasteiger partial charge >= 0.3 is 11.9 Å².